The monoisotopic (exact) mass is 354 g/mol. The largest absolute Gasteiger partial charge is 0.467 e. The summed E-state index contributed by atoms with van der Waals surface area (Å²) in [7, 11) is 1.34. The number of nitrogens with zero attached hydrogens (tertiary/aromatic N) is 3. The van der Waals surface area contributed by atoms with Crippen LogP contribution in [0, 0.1) is 5.92 Å². The quantitative estimate of drug-likeness (QED) is 0.539. The van der Waals surface area contributed by atoms with E-state index >= 15 is 0 Å². The highest BCUT2D eigenvalue weighted by atomic mass is 32.2. The van der Waals surface area contributed by atoms with Gasteiger partial charge in [-0.05, 0) is 25.7 Å². The maximum absolute atomic E-state index is 12.2. The lowest BCUT2D eigenvalue weighted by molar-refractivity contribution is -0.146. The molecule has 1 aliphatic rings. The average molecular weight is 354 g/mol. The van der Waals surface area contributed by atoms with Crippen LogP contribution < -0.4 is 5.32 Å². The molecule has 0 spiro atoms. The van der Waals surface area contributed by atoms with E-state index in [9.17, 15) is 9.59 Å². The highest BCUT2D eigenvalue weighted by Crippen LogP contribution is 2.39. The third-order valence-corrected chi connectivity index (χ3v) is 5.29. The van der Waals surface area contributed by atoms with E-state index in [1.807, 2.05) is 13.8 Å². The van der Waals surface area contributed by atoms with Crippen LogP contribution >= 0.6 is 11.8 Å². The Balaban J connectivity index is 1.93. The molecule has 1 fully saturated rings. The number of hydrogen-bond donors (Lipinski definition) is 1. The topological polar surface area (TPSA) is 86.1 Å². The van der Waals surface area contributed by atoms with Gasteiger partial charge >= 0.3 is 5.97 Å². The Morgan fingerprint density at radius 2 is 2.08 bits per heavy atom. The molecule has 0 bridgehead atoms. The molecule has 8 heteroatoms. The Kier molecular flexibility index (Phi) is 6.65. The van der Waals surface area contributed by atoms with Crippen molar-refractivity contribution >= 4 is 23.6 Å². The summed E-state index contributed by atoms with van der Waals surface area (Å²) in [4.78, 5) is 24.1. The lowest BCUT2D eigenvalue weighted by Crippen LogP contribution is -2.46. The summed E-state index contributed by atoms with van der Waals surface area (Å²) in [6, 6.07) is -0.612. The van der Waals surface area contributed by atoms with Gasteiger partial charge in [-0.2, -0.15) is 0 Å². The summed E-state index contributed by atoms with van der Waals surface area (Å²) in [5.74, 6) is 1.16. The third kappa shape index (κ3) is 4.49. The van der Waals surface area contributed by atoms with Gasteiger partial charge in [0.25, 0.3) is 0 Å². The van der Waals surface area contributed by atoms with Crippen LogP contribution in [0.25, 0.3) is 0 Å². The minimum Gasteiger partial charge on any atom is -0.467 e. The summed E-state index contributed by atoms with van der Waals surface area (Å²) in [6.45, 7) is 6.74. The summed E-state index contributed by atoms with van der Waals surface area (Å²) in [5.41, 5.74) is 0. The standard InChI is InChI=1S/C16H26N4O3S/c1-5-10(3)13(15(22)23-4)17-12(21)9-24-16-19-18-14(11-7-8-11)20(16)6-2/h10-11,13H,5-9H2,1-4H3,(H,17,21)/t10-,13-/m0/s1. The summed E-state index contributed by atoms with van der Waals surface area (Å²) in [5, 5.41) is 12.0. The second-order valence-electron chi connectivity index (χ2n) is 6.10. The molecule has 2 rings (SSSR count). The van der Waals surface area contributed by atoms with Crippen molar-refractivity contribution in [3.63, 3.8) is 0 Å². The lowest BCUT2D eigenvalue weighted by Gasteiger charge is -2.21. The van der Waals surface area contributed by atoms with Gasteiger partial charge in [0.15, 0.2) is 5.16 Å². The van der Waals surface area contributed by atoms with Gasteiger partial charge in [-0.15, -0.1) is 10.2 Å². The van der Waals surface area contributed by atoms with Gasteiger partial charge < -0.3 is 14.6 Å². The Labute approximate surface area is 146 Å². The highest BCUT2D eigenvalue weighted by molar-refractivity contribution is 7.99. The Hall–Kier alpha value is -1.57. The molecule has 134 valence electrons. The molecule has 1 N–H and O–H groups in total. The number of ether oxygens (including phenoxy) is 1. The van der Waals surface area contributed by atoms with Crippen molar-refractivity contribution in [3.05, 3.63) is 5.82 Å². The molecule has 0 radical (unpaired) electrons. The van der Waals surface area contributed by atoms with Crippen molar-refractivity contribution < 1.29 is 14.3 Å². The van der Waals surface area contributed by atoms with E-state index in [-0.39, 0.29) is 17.6 Å². The van der Waals surface area contributed by atoms with Crippen LogP contribution in [0.3, 0.4) is 0 Å². The van der Waals surface area contributed by atoms with Gasteiger partial charge in [0.1, 0.15) is 11.9 Å². The Morgan fingerprint density at radius 1 is 1.38 bits per heavy atom. The van der Waals surface area contributed by atoms with E-state index < -0.39 is 12.0 Å². The van der Waals surface area contributed by atoms with Gasteiger partial charge in [0.05, 0.1) is 12.9 Å². The normalized spacial score (nSPS) is 16.5. The number of hydrogen-bond acceptors (Lipinski definition) is 6. The zero-order valence-corrected chi connectivity index (χ0v) is 15.6. The van der Waals surface area contributed by atoms with Crippen molar-refractivity contribution in [1.82, 2.24) is 20.1 Å². The van der Waals surface area contributed by atoms with E-state index in [0.717, 1.165) is 23.9 Å². The molecular formula is C16H26N4O3S. The van der Waals surface area contributed by atoms with Crippen molar-refractivity contribution in [3.8, 4) is 0 Å². The molecule has 1 heterocycles. The van der Waals surface area contributed by atoms with Gasteiger partial charge in [-0.25, -0.2) is 4.79 Å². The minimum absolute atomic E-state index is 0.0205. The first-order chi connectivity index (χ1) is 11.5. The predicted molar refractivity (Wildman–Crippen MR) is 91.8 cm³/mol. The molecule has 24 heavy (non-hydrogen) atoms. The Bertz CT molecular complexity index is 586. The van der Waals surface area contributed by atoms with Crippen LogP contribution in [0.15, 0.2) is 5.16 Å². The van der Waals surface area contributed by atoms with E-state index in [1.165, 1.54) is 31.7 Å². The Morgan fingerprint density at radius 3 is 2.62 bits per heavy atom. The van der Waals surface area contributed by atoms with Crippen molar-refractivity contribution in [2.45, 2.75) is 63.7 Å². The molecule has 0 saturated heterocycles. The first-order valence-corrected chi connectivity index (χ1v) is 9.43. The van der Waals surface area contributed by atoms with Crippen LogP contribution in [-0.2, 0) is 20.9 Å². The molecule has 1 saturated carbocycles. The van der Waals surface area contributed by atoms with Crippen molar-refractivity contribution in [1.29, 1.82) is 0 Å². The van der Waals surface area contributed by atoms with Crippen LogP contribution in [0.5, 0.6) is 0 Å². The maximum Gasteiger partial charge on any atom is 0.328 e. The molecule has 0 aromatic carbocycles. The number of nitrogens with one attached hydrogen (secondary N) is 1. The fourth-order valence-electron chi connectivity index (χ4n) is 2.49. The van der Waals surface area contributed by atoms with Gasteiger partial charge in [0, 0.05) is 12.5 Å². The highest BCUT2D eigenvalue weighted by Gasteiger charge is 2.30. The second-order valence-corrected chi connectivity index (χ2v) is 7.04. The summed E-state index contributed by atoms with van der Waals surface area (Å²) >= 11 is 1.35. The van der Waals surface area contributed by atoms with E-state index in [4.69, 9.17) is 4.74 Å². The third-order valence-electron chi connectivity index (χ3n) is 4.32. The SMILES string of the molecule is CC[C@H](C)[C@H](NC(=O)CSc1nnc(C2CC2)n1CC)C(=O)OC. The van der Waals surface area contributed by atoms with Crippen LogP contribution in [-0.4, -0.2) is 45.5 Å². The first kappa shape index (κ1) is 18.8. The molecule has 0 unspecified atom stereocenters. The summed E-state index contributed by atoms with van der Waals surface area (Å²) in [6.07, 6.45) is 3.11. The fourth-order valence-corrected chi connectivity index (χ4v) is 3.31. The number of thioether (sulfide) groups is 1. The van der Waals surface area contributed by atoms with Crippen molar-refractivity contribution in [2.75, 3.05) is 12.9 Å². The molecule has 1 aromatic heterocycles. The molecule has 2 atom stereocenters. The smallest absolute Gasteiger partial charge is 0.328 e. The number of carbonyl (C=O) groups excluding carboxylic acids is 2. The average Bonchev–Trinajstić information content (AvgIpc) is 3.36. The maximum atomic E-state index is 12.2. The van der Waals surface area contributed by atoms with E-state index in [2.05, 4.69) is 27.0 Å². The van der Waals surface area contributed by atoms with Gasteiger partial charge in [-0.1, -0.05) is 32.0 Å². The number of methoxy groups -OCH3 is 1. The number of amides is 1. The molecule has 1 aliphatic carbocycles. The number of aromatic nitrogens is 3. The number of carbonyl (C=O) groups is 2. The van der Waals surface area contributed by atoms with Gasteiger partial charge in [0.2, 0.25) is 5.91 Å². The molecule has 0 aliphatic heterocycles. The molecule has 7 nitrogen and oxygen atoms in total. The fraction of sp³-hybridized carbons (Fsp3) is 0.750. The van der Waals surface area contributed by atoms with E-state index in [0.29, 0.717) is 5.92 Å². The second kappa shape index (κ2) is 8.50. The number of esters is 1. The predicted octanol–water partition coefficient (Wildman–Crippen LogP) is 1.97. The molecule has 1 aromatic rings. The zero-order valence-electron chi connectivity index (χ0n) is 14.7. The minimum atomic E-state index is -0.612. The van der Waals surface area contributed by atoms with Crippen LogP contribution in [0.2, 0.25) is 0 Å². The molecule has 1 amide bonds. The first-order valence-electron chi connectivity index (χ1n) is 8.44. The van der Waals surface area contributed by atoms with Gasteiger partial charge in [-0.3, -0.25) is 4.79 Å². The van der Waals surface area contributed by atoms with Crippen molar-refractivity contribution in [2.24, 2.45) is 5.92 Å². The number of rotatable bonds is 9. The summed E-state index contributed by atoms with van der Waals surface area (Å²) < 4.78 is 6.86. The lowest BCUT2D eigenvalue weighted by atomic mass is 9.99. The van der Waals surface area contributed by atoms with Crippen LogP contribution in [0.1, 0.15) is 51.8 Å². The zero-order chi connectivity index (χ0) is 17.7. The molecular weight excluding hydrogens is 328 g/mol. The van der Waals surface area contributed by atoms with E-state index in [1.54, 1.807) is 0 Å². The van der Waals surface area contributed by atoms with Crippen LogP contribution in [0.4, 0.5) is 0 Å².